The fraction of sp³-hybridized carbons (Fsp3) is 0.278. The Morgan fingerprint density at radius 1 is 1.00 bits per heavy atom. The summed E-state index contributed by atoms with van der Waals surface area (Å²) in [5, 5.41) is 6.13. The molecule has 8 heteroatoms. The molecule has 0 heterocycles. The van der Waals surface area contributed by atoms with E-state index in [1.165, 1.54) is 6.07 Å². The smallest absolute Gasteiger partial charge is 0.195 e. The highest BCUT2D eigenvalue weighted by Crippen LogP contribution is 2.29. The zero-order valence-corrected chi connectivity index (χ0v) is 14.8. The number of methoxy groups -OCH3 is 2. The molecule has 0 saturated carbocycles. The molecule has 0 atom stereocenters. The fourth-order valence-corrected chi connectivity index (χ4v) is 2.15. The van der Waals surface area contributed by atoms with E-state index in [0.717, 1.165) is 17.8 Å². The molecule has 140 valence electrons. The summed E-state index contributed by atoms with van der Waals surface area (Å²) in [6, 6.07) is 8.54. The highest BCUT2D eigenvalue weighted by molar-refractivity contribution is 5.93. The lowest BCUT2D eigenvalue weighted by Gasteiger charge is -2.14. The Labute approximate surface area is 150 Å². The first-order valence-electron chi connectivity index (χ1n) is 7.85. The molecular formula is C18H21F2N3O3. The van der Waals surface area contributed by atoms with Crippen LogP contribution in [-0.2, 0) is 0 Å². The quantitative estimate of drug-likeness (QED) is 0.449. The normalized spacial score (nSPS) is 11.0. The van der Waals surface area contributed by atoms with Crippen molar-refractivity contribution in [1.82, 2.24) is 5.32 Å². The molecule has 6 nitrogen and oxygen atoms in total. The lowest BCUT2D eigenvalue weighted by Crippen LogP contribution is -2.33. The molecule has 0 aliphatic carbocycles. The van der Waals surface area contributed by atoms with Crippen molar-refractivity contribution in [2.75, 3.05) is 39.7 Å². The van der Waals surface area contributed by atoms with Crippen LogP contribution in [-0.4, -0.2) is 40.4 Å². The lowest BCUT2D eigenvalue weighted by molar-refractivity contribution is 0.305. The minimum absolute atomic E-state index is 0.00367. The fourth-order valence-electron chi connectivity index (χ4n) is 2.15. The van der Waals surface area contributed by atoms with E-state index in [1.54, 1.807) is 33.4 Å². The van der Waals surface area contributed by atoms with Gasteiger partial charge < -0.3 is 24.8 Å². The average Bonchev–Trinajstić information content (AvgIpc) is 2.65. The maximum absolute atomic E-state index is 13.5. The summed E-state index contributed by atoms with van der Waals surface area (Å²) in [6.45, 7) is 0.541. The molecule has 0 aliphatic heterocycles. The first-order chi connectivity index (χ1) is 12.6. The number of ether oxygens (including phenoxy) is 3. The third-order valence-corrected chi connectivity index (χ3v) is 3.42. The number of benzene rings is 2. The zero-order valence-electron chi connectivity index (χ0n) is 14.8. The molecule has 0 bridgehead atoms. The van der Waals surface area contributed by atoms with Crippen molar-refractivity contribution in [1.29, 1.82) is 0 Å². The maximum atomic E-state index is 13.5. The Kier molecular flexibility index (Phi) is 7.02. The summed E-state index contributed by atoms with van der Waals surface area (Å²) in [4.78, 5) is 4.10. The molecule has 0 unspecified atom stereocenters. The number of hydrogen-bond acceptors (Lipinski definition) is 4. The van der Waals surface area contributed by atoms with Crippen LogP contribution in [0.4, 0.5) is 14.5 Å². The summed E-state index contributed by atoms with van der Waals surface area (Å²) in [5.41, 5.74) is 0.751. The predicted octanol–water partition coefficient (Wildman–Crippen LogP) is 3.05. The first kappa shape index (κ1) is 19.3. The average molecular weight is 365 g/mol. The van der Waals surface area contributed by atoms with E-state index in [9.17, 15) is 8.78 Å². The van der Waals surface area contributed by atoms with Crippen molar-refractivity contribution in [3.63, 3.8) is 0 Å². The highest BCUT2D eigenvalue weighted by Gasteiger charge is 2.07. The second-order valence-electron chi connectivity index (χ2n) is 5.12. The minimum atomic E-state index is -0.738. The van der Waals surface area contributed by atoms with Crippen molar-refractivity contribution < 1.29 is 23.0 Å². The van der Waals surface area contributed by atoms with Gasteiger partial charge in [-0.1, -0.05) is 0 Å². The molecular weight excluding hydrogens is 344 g/mol. The summed E-state index contributed by atoms with van der Waals surface area (Å²) in [5.74, 6) is 0.320. The van der Waals surface area contributed by atoms with Crippen molar-refractivity contribution in [3.8, 4) is 17.2 Å². The van der Waals surface area contributed by atoms with E-state index in [0.29, 0.717) is 24.0 Å². The van der Waals surface area contributed by atoms with Crippen LogP contribution in [0.3, 0.4) is 0 Å². The van der Waals surface area contributed by atoms with Crippen molar-refractivity contribution in [2.24, 2.45) is 4.99 Å². The number of anilines is 1. The number of halogens is 2. The molecule has 2 aromatic carbocycles. The predicted molar refractivity (Wildman–Crippen MR) is 96.4 cm³/mol. The Balaban J connectivity index is 1.86. The van der Waals surface area contributed by atoms with Crippen molar-refractivity contribution in [2.45, 2.75) is 0 Å². The highest BCUT2D eigenvalue weighted by atomic mass is 19.1. The molecule has 0 saturated heterocycles. The van der Waals surface area contributed by atoms with Crippen LogP contribution < -0.4 is 24.8 Å². The van der Waals surface area contributed by atoms with Gasteiger partial charge in [0.05, 0.1) is 20.8 Å². The van der Waals surface area contributed by atoms with Gasteiger partial charge in [0.2, 0.25) is 0 Å². The number of nitrogens with zero attached hydrogens (tertiary/aromatic N) is 1. The second kappa shape index (κ2) is 9.45. The van der Waals surface area contributed by atoms with Gasteiger partial charge >= 0.3 is 0 Å². The van der Waals surface area contributed by atoms with Gasteiger partial charge in [0.1, 0.15) is 12.4 Å². The number of nitrogens with one attached hydrogen (secondary N) is 2. The van der Waals surface area contributed by atoms with Gasteiger partial charge in [-0.3, -0.25) is 4.99 Å². The Bertz CT molecular complexity index is 769. The molecule has 0 fully saturated rings. The molecule has 2 aromatic rings. The molecule has 2 N–H and O–H groups in total. The van der Waals surface area contributed by atoms with Crippen LogP contribution in [0.5, 0.6) is 17.2 Å². The van der Waals surface area contributed by atoms with Crippen LogP contribution in [0.1, 0.15) is 0 Å². The number of guanidine groups is 1. The lowest BCUT2D eigenvalue weighted by atomic mass is 10.3. The minimum Gasteiger partial charge on any atom is -0.493 e. The third kappa shape index (κ3) is 5.23. The van der Waals surface area contributed by atoms with E-state index >= 15 is 0 Å². The van der Waals surface area contributed by atoms with Crippen LogP contribution in [0.2, 0.25) is 0 Å². The van der Waals surface area contributed by atoms with Gasteiger partial charge in [-0.25, -0.2) is 8.78 Å². The monoisotopic (exact) mass is 365 g/mol. The van der Waals surface area contributed by atoms with Gasteiger partial charge in [-0.2, -0.15) is 0 Å². The van der Waals surface area contributed by atoms with E-state index in [4.69, 9.17) is 14.2 Å². The van der Waals surface area contributed by atoms with Gasteiger partial charge in [0.25, 0.3) is 0 Å². The topological polar surface area (TPSA) is 64.1 Å². The Hall–Kier alpha value is -3.03. The molecule has 26 heavy (non-hydrogen) atoms. The molecule has 0 aliphatic rings. The molecule has 0 radical (unpaired) electrons. The summed E-state index contributed by atoms with van der Waals surface area (Å²) < 4.78 is 42.1. The van der Waals surface area contributed by atoms with Crippen molar-refractivity contribution >= 4 is 11.6 Å². The van der Waals surface area contributed by atoms with Crippen LogP contribution >= 0.6 is 0 Å². The molecule has 0 aromatic heterocycles. The maximum Gasteiger partial charge on any atom is 0.195 e. The van der Waals surface area contributed by atoms with Crippen LogP contribution in [0.15, 0.2) is 41.4 Å². The number of rotatable bonds is 7. The Morgan fingerprint density at radius 3 is 2.38 bits per heavy atom. The number of aliphatic imine (C=N–C) groups is 1. The van der Waals surface area contributed by atoms with E-state index in [1.807, 2.05) is 6.07 Å². The standard InChI is InChI=1S/C18H21F2N3O3/c1-21-18(23-13-5-7-16(24-2)17(11-13)25-3)22-8-9-26-15-6-4-12(19)10-14(15)20/h4-7,10-11H,8-9H2,1-3H3,(H2,21,22,23). The van der Waals surface area contributed by atoms with Gasteiger partial charge in [0.15, 0.2) is 29.0 Å². The summed E-state index contributed by atoms with van der Waals surface area (Å²) >= 11 is 0. The van der Waals surface area contributed by atoms with Crippen molar-refractivity contribution in [3.05, 3.63) is 48.0 Å². The zero-order chi connectivity index (χ0) is 18.9. The van der Waals surface area contributed by atoms with Crippen LogP contribution in [0.25, 0.3) is 0 Å². The largest absolute Gasteiger partial charge is 0.493 e. The Morgan fingerprint density at radius 2 is 1.73 bits per heavy atom. The van der Waals surface area contributed by atoms with Gasteiger partial charge in [-0.05, 0) is 24.3 Å². The molecule has 0 amide bonds. The second-order valence-corrected chi connectivity index (χ2v) is 5.12. The van der Waals surface area contributed by atoms with Gasteiger partial charge in [-0.15, -0.1) is 0 Å². The molecule has 2 rings (SSSR count). The molecule has 0 spiro atoms. The SMILES string of the molecule is CN=C(NCCOc1ccc(F)cc1F)Nc1ccc(OC)c(OC)c1. The third-order valence-electron chi connectivity index (χ3n) is 3.42. The van der Waals surface area contributed by atoms with Crippen LogP contribution in [0, 0.1) is 11.6 Å². The first-order valence-corrected chi connectivity index (χ1v) is 7.85. The van der Waals surface area contributed by atoms with E-state index < -0.39 is 11.6 Å². The van der Waals surface area contributed by atoms with E-state index in [-0.39, 0.29) is 12.4 Å². The summed E-state index contributed by atoms with van der Waals surface area (Å²) in [7, 11) is 4.74. The number of hydrogen-bond donors (Lipinski definition) is 2. The van der Waals surface area contributed by atoms with Gasteiger partial charge in [0, 0.05) is 24.9 Å². The summed E-state index contributed by atoms with van der Waals surface area (Å²) in [6.07, 6.45) is 0. The van der Waals surface area contributed by atoms with E-state index in [2.05, 4.69) is 15.6 Å².